The van der Waals surface area contributed by atoms with E-state index >= 15 is 0 Å². The number of imidazole rings is 1. The highest BCUT2D eigenvalue weighted by molar-refractivity contribution is 5.91. The molecular formula is C17H16N6. The first-order valence-electron chi connectivity index (χ1n) is 7.32. The summed E-state index contributed by atoms with van der Waals surface area (Å²) in [5.74, 6) is 0.549. The highest BCUT2D eigenvalue weighted by atomic mass is 15.1. The Bertz CT molecular complexity index is 1030. The molecule has 4 aromatic rings. The van der Waals surface area contributed by atoms with Crippen LogP contribution in [-0.4, -0.2) is 19.5 Å². The summed E-state index contributed by atoms with van der Waals surface area (Å²) in [5, 5.41) is 4.26. The molecule has 0 aliphatic rings. The zero-order valence-corrected chi connectivity index (χ0v) is 12.9. The topological polar surface area (TPSA) is 81.6 Å². The summed E-state index contributed by atoms with van der Waals surface area (Å²) in [4.78, 5) is 13.3. The van der Waals surface area contributed by atoms with Crippen LogP contribution >= 0.6 is 0 Å². The third-order valence-corrected chi connectivity index (χ3v) is 3.93. The van der Waals surface area contributed by atoms with Crippen LogP contribution in [0.1, 0.15) is 5.56 Å². The quantitative estimate of drug-likeness (QED) is 0.556. The van der Waals surface area contributed by atoms with Crippen LogP contribution in [0, 0.1) is 6.92 Å². The van der Waals surface area contributed by atoms with Gasteiger partial charge in [-0.05, 0) is 24.6 Å². The molecule has 6 nitrogen and oxygen atoms in total. The van der Waals surface area contributed by atoms with Gasteiger partial charge in [0.25, 0.3) is 0 Å². The molecule has 3 N–H and O–H groups in total. The first kappa shape index (κ1) is 13.5. The van der Waals surface area contributed by atoms with Crippen LogP contribution in [0.4, 0.5) is 17.3 Å². The molecule has 0 saturated heterocycles. The van der Waals surface area contributed by atoms with Crippen LogP contribution in [0.2, 0.25) is 0 Å². The summed E-state index contributed by atoms with van der Waals surface area (Å²) < 4.78 is 1.93. The van der Waals surface area contributed by atoms with Crippen LogP contribution in [-0.2, 0) is 7.05 Å². The molecule has 0 amide bonds. The van der Waals surface area contributed by atoms with Gasteiger partial charge in [0.2, 0.25) is 5.95 Å². The van der Waals surface area contributed by atoms with E-state index in [-0.39, 0.29) is 0 Å². The second kappa shape index (κ2) is 4.95. The maximum absolute atomic E-state index is 6.08. The Balaban J connectivity index is 1.78. The third-order valence-electron chi connectivity index (χ3n) is 3.93. The van der Waals surface area contributed by atoms with E-state index in [1.165, 1.54) is 0 Å². The van der Waals surface area contributed by atoms with Crippen molar-refractivity contribution in [1.29, 1.82) is 0 Å². The molecule has 0 unspecified atom stereocenters. The van der Waals surface area contributed by atoms with E-state index in [1.54, 1.807) is 6.33 Å². The number of aromatic nitrogens is 4. The van der Waals surface area contributed by atoms with Crippen molar-refractivity contribution in [2.24, 2.45) is 7.05 Å². The van der Waals surface area contributed by atoms with E-state index in [0.717, 1.165) is 33.2 Å². The van der Waals surface area contributed by atoms with Gasteiger partial charge in [0.1, 0.15) is 5.52 Å². The van der Waals surface area contributed by atoms with Crippen molar-refractivity contribution in [2.45, 2.75) is 6.92 Å². The van der Waals surface area contributed by atoms with Crippen LogP contribution in [0.25, 0.3) is 21.9 Å². The minimum absolute atomic E-state index is 0.549. The average molecular weight is 304 g/mol. The molecule has 0 fully saturated rings. The number of benzene rings is 2. The number of nitrogens with two attached hydrogens (primary N) is 1. The number of para-hydroxylation sites is 1. The smallest absolute Gasteiger partial charge is 0.227 e. The SMILES string of the molecule is Cc1cccc2cnc(Nc3cc(N)c4ncn(C)c4c3)nc12. The van der Waals surface area contributed by atoms with Gasteiger partial charge in [-0.1, -0.05) is 18.2 Å². The average Bonchev–Trinajstić information content (AvgIpc) is 2.90. The van der Waals surface area contributed by atoms with Crippen molar-refractivity contribution in [1.82, 2.24) is 19.5 Å². The maximum atomic E-state index is 6.08. The monoisotopic (exact) mass is 304 g/mol. The molecular weight excluding hydrogens is 288 g/mol. The molecule has 2 aromatic heterocycles. The number of nitrogens with zero attached hydrogens (tertiary/aromatic N) is 4. The molecule has 2 aromatic carbocycles. The van der Waals surface area contributed by atoms with E-state index in [9.17, 15) is 0 Å². The van der Waals surface area contributed by atoms with Crippen molar-refractivity contribution in [3.8, 4) is 0 Å². The van der Waals surface area contributed by atoms with E-state index in [0.29, 0.717) is 11.6 Å². The van der Waals surface area contributed by atoms with Gasteiger partial charge in [-0.3, -0.25) is 0 Å². The van der Waals surface area contributed by atoms with Crippen LogP contribution < -0.4 is 11.1 Å². The van der Waals surface area contributed by atoms with Crippen LogP contribution in [0.3, 0.4) is 0 Å². The number of anilines is 3. The molecule has 0 aliphatic heterocycles. The van der Waals surface area contributed by atoms with Crippen LogP contribution in [0.5, 0.6) is 0 Å². The molecule has 114 valence electrons. The van der Waals surface area contributed by atoms with E-state index in [1.807, 2.05) is 55.1 Å². The lowest BCUT2D eigenvalue weighted by atomic mass is 10.1. The molecule has 4 rings (SSSR count). The fourth-order valence-corrected chi connectivity index (χ4v) is 2.72. The number of rotatable bonds is 2. The number of hydrogen-bond donors (Lipinski definition) is 2. The zero-order valence-electron chi connectivity index (χ0n) is 12.9. The molecule has 0 bridgehead atoms. The lowest BCUT2D eigenvalue weighted by Crippen LogP contribution is -1.99. The summed E-state index contributed by atoms with van der Waals surface area (Å²) in [6.07, 6.45) is 3.57. The minimum atomic E-state index is 0.549. The molecule has 2 heterocycles. The number of nitrogen functional groups attached to an aromatic ring is 1. The predicted octanol–water partition coefficient (Wildman–Crippen LogP) is 3.15. The fraction of sp³-hybridized carbons (Fsp3) is 0.118. The Morgan fingerprint density at radius 3 is 2.87 bits per heavy atom. The Morgan fingerprint density at radius 1 is 1.13 bits per heavy atom. The Labute approximate surface area is 133 Å². The van der Waals surface area contributed by atoms with Crippen molar-refractivity contribution in [2.75, 3.05) is 11.1 Å². The summed E-state index contributed by atoms with van der Waals surface area (Å²) >= 11 is 0. The normalized spacial score (nSPS) is 11.2. The van der Waals surface area contributed by atoms with Gasteiger partial charge in [0.05, 0.1) is 23.0 Å². The minimum Gasteiger partial charge on any atom is -0.397 e. The molecule has 0 spiro atoms. The number of nitrogens with one attached hydrogen (secondary N) is 1. The van der Waals surface area contributed by atoms with Gasteiger partial charge < -0.3 is 15.6 Å². The van der Waals surface area contributed by atoms with Gasteiger partial charge in [-0.25, -0.2) is 15.0 Å². The summed E-state index contributed by atoms with van der Waals surface area (Å²) in [5.41, 5.74) is 11.4. The first-order chi connectivity index (χ1) is 11.1. The molecule has 6 heteroatoms. The van der Waals surface area contributed by atoms with Crippen molar-refractivity contribution < 1.29 is 0 Å². The summed E-state index contributed by atoms with van der Waals surface area (Å²) in [6.45, 7) is 2.04. The Kier molecular flexibility index (Phi) is 2.90. The Morgan fingerprint density at radius 2 is 2.00 bits per heavy atom. The van der Waals surface area contributed by atoms with E-state index in [4.69, 9.17) is 5.73 Å². The van der Waals surface area contributed by atoms with Crippen molar-refractivity contribution in [3.63, 3.8) is 0 Å². The van der Waals surface area contributed by atoms with Gasteiger partial charge in [-0.2, -0.15) is 0 Å². The first-order valence-corrected chi connectivity index (χ1v) is 7.32. The van der Waals surface area contributed by atoms with E-state index < -0.39 is 0 Å². The van der Waals surface area contributed by atoms with E-state index in [2.05, 4.69) is 20.3 Å². The summed E-state index contributed by atoms with van der Waals surface area (Å²) in [7, 11) is 1.94. The number of aryl methyl sites for hydroxylation is 2. The lowest BCUT2D eigenvalue weighted by Gasteiger charge is -2.08. The summed E-state index contributed by atoms with van der Waals surface area (Å²) in [6, 6.07) is 9.89. The second-order valence-electron chi connectivity index (χ2n) is 5.62. The zero-order chi connectivity index (χ0) is 16.0. The standard InChI is InChI=1S/C17H16N6/c1-10-4-3-5-11-8-19-17(22-15(10)11)21-12-6-13(18)16-14(7-12)23(2)9-20-16/h3-9H,18H2,1-2H3,(H,19,21,22). The van der Waals surface area contributed by atoms with Crippen LogP contribution in [0.15, 0.2) is 42.9 Å². The largest absolute Gasteiger partial charge is 0.397 e. The van der Waals surface area contributed by atoms with Gasteiger partial charge in [0.15, 0.2) is 0 Å². The number of fused-ring (bicyclic) bond motifs is 2. The third kappa shape index (κ3) is 2.24. The van der Waals surface area contributed by atoms with Gasteiger partial charge in [0, 0.05) is 24.3 Å². The van der Waals surface area contributed by atoms with Crippen molar-refractivity contribution in [3.05, 3.63) is 48.4 Å². The molecule has 0 aliphatic carbocycles. The maximum Gasteiger partial charge on any atom is 0.227 e. The lowest BCUT2D eigenvalue weighted by molar-refractivity contribution is 0.948. The molecule has 0 atom stereocenters. The van der Waals surface area contributed by atoms with Crippen molar-refractivity contribution >= 4 is 39.3 Å². The highest BCUT2D eigenvalue weighted by Crippen LogP contribution is 2.26. The Hall–Kier alpha value is -3.15. The molecule has 0 saturated carbocycles. The predicted molar refractivity (Wildman–Crippen MR) is 92.7 cm³/mol. The second-order valence-corrected chi connectivity index (χ2v) is 5.62. The fourth-order valence-electron chi connectivity index (χ4n) is 2.72. The van der Waals surface area contributed by atoms with Gasteiger partial charge >= 0.3 is 0 Å². The molecule has 23 heavy (non-hydrogen) atoms. The number of hydrogen-bond acceptors (Lipinski definition) is 5. The highest BCUT2D eigenvalue weighted by Gasteiger charge is 2.08. The molecule has 0 radical (unpaired) electrons. The van der Waals surface area contributed by atoms with Gasteiger partial charge in [-0.15, -0.1) is 0 Å².